The molecule has 1 N–H and O–H groups in total. The Kier molecular flexibility index (Phi) is 5.03. The SMILES string of the molecule is CCCC(C)(CO)CN1CCOC(C)C1. The number of ether oxygens (including phenoxy) is 1. The first-order chi connectivity index (χ1) is 7.09. The fourth-order valence-corrected chi connectivity index (χ4v) is 2.39. The summed E-state index contributed by atoms with van der Waals surface area (Å²) in [6, 6.07) is 0. The van der Waals surface area contributed by atoms with Gasteiger partial charge in [0.25, 0.3) is 0 Å². The monoisotopic (exact) mass is 215 g/mol. The standard InChI is InChI=1S/C12H25NO2/c1-4-5-12(3,10-14)9-13-6-7-15-11(2)8-13/h11,14H,4-10H2,1-3H3. The summed E-state index contributed by atoms with van der Waals surface area (Å²) in [6.07, 6.45) is 2.56. The summed E-state index contributed by atoms with van der Waals surface area (Å²) in [5.74, 6) is 0. The zero-order chi connectivity index (χ0) is 11.3. The molecule has 0 amide bonds. The molecular formula is C12H25NO2. The maximum Gasteiger partial charge on any atom is 0.0674 e. The van der Waals surface area contributed by atoms with Crippen molar-refractivity contribution in [3.05, 3.63) is 0 Å². The molecule has 1 rings (SSSR count). The van der Waals surface area contributed by atoms with Gasteiger partial charge in [0.05, 0.1) is 12.7 Å². The van der Waals surface area contributed by atoms with Crippen LogP contribution < -0.4 is 0 Å². The molecule has 0 aromatic heterocycles. The molecule has 0 aromatic carbocycles. The zero-order valence-corrected chi connectivity index (χ0v) is 10.3. The molecule has 15 heavy (non-hydrogen) atoms. The van der Waals surface area contributed by atoms with E-state index < -0.39 is 0 Å². The Morgan fingerprint density at radius 1 is 1.53 bits per heavy atom. The van der Waals surface area contributed by atoms with Crippen LogP contribution in [0.25, 0.3) is 0 Å². The van der Waals surface area contributed by atoms with Gasteiger partial charge in [0.15, 0.2) is 0 Å². The average Bonchev–Trinajstić information content (AvgIpc) is 2.18. The number of hydrogen-bond acceptors (Lipinski definition) is 3. The van der Waals surface area contributed by atoms with Crippen molar-refractivity contribution in [2.24, 2.45) is 5.41 Å². The predicted octanol–water partition coefficient (Wildman–Crippen LogP) is 1.51. The third-order valence-electron chi connectivity index (χ3n) is 3.17. The van der Waals surface area contributed by atoms with Gasteiger partial charge in [0, 0.05) is 31.7 Å². The molecule has 2 atom stereocenters. The quantitative estimate of drug-likeness (QED) is 0.754. The topological polar surface area (TPSA) is 32.7 Å². The van der Waals surface area contributed by atoms with Gasteiger partial charge in [0.1, 0.15) is 0 Å². The van der Waals surface area contributed by atoms with Crippen LogP contribution in [0.3, 0.4) is 0 Å². The van der Waals surface area contributed by atoms with E-state index in [1.807, 2.05) is 0 Å². The molecule has 90 valence electrons. The van der Waals surface area contributed by atoms with Gasteiger partial charge in [-0.2, -0.15) is 0 Å². The highest BCUT2D eigenvalue weighted by atomic mass is 16.5. The molecule has 0 radical (unpaired) electrons. The van der Waals surface area contributed by atoms with Gasteiger partial charge < -0.3 is 9.84 Å². The number of rotatable bonds is 5. The molecule has 0 aromatic rings. The van der Waals surface area contributed by atoms with Crippen molar-refractivity contribution in [2.45, 2.75) is 39.7 Å². The predicted molar refractivity (Wildman–Crippen MR) is 62.0 cm³/mol. The van der Waals surface area contributed by atoms with E-state index in [1.165, 1.54) is 0 Å². The van der Waals surface area contributed by atoms with E-state index in [1.54, 1.807) is 0 Å². The summed E-state index contributed by atoms with van der Waals surface area (Å²) in [4.78, 5) is 2.42. The van der Waals surface area contributed by atoms with Crippen LogP contribution in [0, 0.1) is 5.41 Å². The fraction of sp³-hybridized carbons (Fsp3) is 1.00. The minimum absolute atomic E-state index is 0.0613. The normalized spacial score (nSPS) is 27.6. The summed E-state index contributed by atoms with van der Waals surface area (Å²) >= 11 is 0. The molecule has 1 fully saturated rings. The molecule has 0 spiro atoms. The Morgan fingerprint density at radius 3 is 2.80 bits per heavy atom. The fourth-order valence-electron chi connectivity index (χ4n) is 2.39. The van der Waals surface area contributed by atoms with Gasteiger partial charge in [0.2, 0.25) is 0 Å². The zero-order valence-electron chi connectivity index (χ0n) is 10.3. The van der Waals surface area contributed by atoms with Crippen molar-refractivity contribution in [2.75, 3.05) is 32.8 Å². The Balaban J connectivity index is 2.43. The number of hydrogen-bond donors (Lipinski definition) is 1. The van der Waals surface area contributed by atoms with E-state index >= 15 is 0 Å². The van der Waals surface area contributed by atoms with Crippen molar-refractivity contribution in [1.82, 2.24) is 4.90 Å². The molecule has 1 aliphatic heterocycles. The van der Waals surface area contributed by atoms with E-state index in [0.29, 0.717) is 6.10 Å². The molecule has 2 unspecified atom stereocenters. The van der Waals surface area contributed by atoms with Crippen LogP contribution in [0.4, 0.5) is 0 Å². The van der Waals surface area contributed by atoms with E-state index in [2.05, 4.69) is 25.7 Å². The number of nitrogens with zero attached hydrogens (tertiary/aromatic N) is 1. The van der Waals surface area contributed by atoms with Gasteiger partial charge in [-0.15, -0.1) is 0 Å². The lowest BCUT2D eigenvalue weighted by molar-refractivity contribution is -0.0381. The summed E-state index contributed by atoms with van der Waals surface area (Å²) in [7, 11) is 0. The lowest BCUT2D eigenvalue weighted by atomic mass is 9.86. The Bertz CT molecular complexity index is 186. The molecular weight excluding hydrogens is 190 g/mol. The first-order valence-electron chi connectivity index (χ1n) is 6.04. The van der Waals surface area contributed by atoms with Crippen molar-refractivity contribution in [3.8, 4) is 0 Å². The number of aliphatic hydroxyl groups is 1. The summed E-state index contributed by atoms with van der Waals surface area (Å²) in [5.41, 5.74) is 0.0613. The molecule has 0 bridgehead atoms. The molecule has 0 saturated carbocycles. The van der Waals surface area contributed by atoms with E-state index in [0.717, 1.165) is 39.1 Å². The highest BCUT2D eigenvalue weighted by Crippen LogP contribution is 2.24. The minimum Gasteiger partial charge on any atom is -0.396 e. The summed E-state index contributed by atoms with van der Waals surface area (Å²) in [5, 5.41) is 9.46. The Morgan fingerprint density at radius 2 is 2.27 bits per heavy atom. The van der Waals surface area contributed by atoms with Crippen LogP contribution in [-0.4, -0.2) is 49.0 Å². The molecule has 1 saturated heterocycles. The highest BCUT2D eigenvalue weighted by Gasteiger charge is 2.27. The van der Waals surface area contributed by atoms with Gasteiger partial charge in [-0.3, -0.25) is 4.90 Å². The second-order valence-electron chi connectivity index (χ2n) is 5.14. The maximum atomic E-state index is 9.46. The lowest BCUT2D eigenvalue weighted by Crippen LogP contribution is -2.46. The van der Waals surface area contributed by atoms with Crippen molar-refractivity contribution in [3.63, 3.8) is 0 Å². The molecule has 1 heterocycles. The highest BCUT2D eigenvalue weighted by molar-refractivity contribution is 4.80. The van der Waals surface area contributed by atoms with Crippen LogP contribution in [0.1, 0.15) is 33.6 Å². The number of aliphatic hydroxyl groups excluding tert-OH is 1. The molecule has 3 heteroatoms. The molecule has 3 nitrogen and oxygen atoms in total. The Hall–Kier alpha value is -0.120. The third kappa shape index (κ3) is 4.09. The minimum atomic E-state index is 0.0613. The van der Waals surface area contributed by atoms with Crippen LogP contribution in [0.15, 0.2) is 0 Å². The molecule has 0 aliphatic carbocycles. The lowest BCUT2D eigenvalue weighted by Gasteiger charge is -2.38. The van der Waals surface area contributed by atoms with E-state index in [-0.39, 0.29) is 12.0 Å². The van der Waals surface area contributed by atoms with Crippen LogP contribution >= 0.6 is 0 Å². The van der Waals surface area contributed by atoms with Crippen LogP contribution in [-0.2, 0) is 4.74 Å². The second kappa shape index (κ2) is 5.83. The maximum absolute atomic E-state index is 9.46. The van der Waals surface area contributed by atoms with Gasteiger partial charge in [-0.1, -0.05) is 20.3 Å². The first-order valence-corrected chi connectivity index (χ1v) is 6.04. The third-order valence-corrected chi connectivity index (χ3v) is 3.17. The summed E-state index contributed by atoms with van der Waals surface area (Å²) < 4.78 is 5.51. The van der Waals surface area contributed by atoms with Crippen molar-refractivity contribution < 1.29 is 9.84 Å². The summed E-state index contributed by atoms with van der Waals surface area (Å²) in [6.45, 7) is 10.6. The van der Waals surface area contributed by atoms with Gasteiger partial charge in [-0.05, 0) is 13.3 Å². The largest absolute Gasteiger partial charge is 0.396 e. The smallest absolute Gasteiger partial charge is 0.0674 e. The van der Waals surface area contributed by atoms with Crippen molar-refractivity contribution >= 4 is 0 Å². The van der Waals surface area contributed by atoms with E-state index in [4.69, 9.17) is 4.74 Å². The average molecular weight is 215 g/mol. The van der Waals surface area contributed by atoms with Gasteiger partial charge in [-0.25, -0.2) is 0 Å². The van der Waals surface area contributed by atoms with Gasteiger partial charge >= 0.3 is 0 Å². The second-order valence-corrected chi connectivity index (χ2v) is 5.14. The van der Waals surface area contributed by atoms with Crippen LogP contribution in [0.2, 0.25) is 0 Å². The van der Waals surface area contributed by atoms with Crippen molar-refractivity contribution in [1.29, 1.82) is 0 Å². The number of morpholine rings is 1. The van der Waals surface area contributed by atoms with E-state index in [9.17, 15) is 5.11 Å². The van der Waals surface area contributed by atoms with Crippen LogP contribution in [0.5, 0.6) is 0 Å². The molecule has 1 aliphatic rings. The Labute approximate surface area is 93.4 Å². The first kappa shape index (κ1) is 12.9.